The summed E-state index contributed by atoms with van der Waals surface area (Å²) in [6, 6.07) is 0. The van der Waals surface area contributed by atoms with Crippen LogP contribution in [-0.2, 0) is 16.2 Å². The van der Waals surface area contributed by atoms with Crippen LogP contribution in [0.25, 0.3) is 11.5 Å². The van der Waals surface area contributed by atoms with E-state index in [1.807, 2.05) is 13.8 Å². The molecule has 1 amide bonds. The maximum absolute atomic E-state index is 12.1. The van der Waals surface area contributed by atoms with E-state index >= 15 is 0 Å². The number of carbonyl (C=O) groups is 1. The van der Waals surface area contributed by atoms with Gasteiger partial charge in [-0.1, -0.05) is 19.0 Å². The molecule has 1 aliphatic heterocycles. The maximum atomic E-state index is 12.1. The topological polar surface area (TPSA) is 118 Å². The first-order valence-corrected chi connectivity index (χ1v) is 7.31. The molecule has 0 aromatic carbocycles. The van der Waals surface area contributed by atoms with Crippen LogP contribution in [0, 0.1) is 5.92 Å². The quantitative estimate of drug-likeness (QED) is 0.837. The Labute approximate surface area is 132 Å². The first-order valence-electron chi connectivity index (χ1n) is 7.31. The number of nitrogens with zero attached hydrogens (tertiary/aromatic N) is 5. The molecule has 0 unspecified atom stereocenters. The summed E-state index contributed by atoms with van der Waals surface area (Å²) in [4.78, 5) is 29.6. The van der Waals surface area contributed by atoms with Crippen molar-refractivity contribution in [1.29, 1.82) is 0 Å². The molecule has 0 saturated carbocycles. The van der Waals surface area contributed by atoms with Gasteiger partial charge < -0.3 is 10.2 Å². The Kier molecular flexibility index (Phi) is 4.26. The number of oxime groups is 1. The highest BCUT2D eigenvalue weighted by atomic mass is 16.6. The number of H-pyrrole nitrogens is 1. The van der Waals surface area contributed by atoms with Crippen LogP contribution in [0.15, 0.2) is 23.7 Å². The number of amides is 1. The molecule has 1 atom stereocenters. The van der Waals surface area contributed by atoms with E-state index in [0.29, 0.717) is 23.8 Å². The zero-order valence-corrected chi connectivity index (χ0v) is 12.9. The van der Waals surface area contributed by atoms with Crippen LogP contribution in [0.1, 0.15) is 26.1 Å². The Morgan fingerprint density at radius 3 is 3.04 bits per heavy atom. The number of aromatic amines is 1. The molecule has 1 aliphatic rings. The minimum absolute atomic E-state index is 0.221. The van der Waals surface area contributed by atoms with E-state index in [1.165, 1.54) is 0 Å². The predicted molar refractivity (Wildman–Crippen MR) is 81.0 cm³/mol. The predicted octanol–water partition coefficient (Wildman–Crippen LogP) is 0.679. The van der Waals surface area contributed by atoms with Gasteiger partial charge >= 0.3 is 0 Å². The minimum Gasteiger partial charge on any atom is -0.382 e. The average Bonchev–Trinajstić information content (AvgIpc) is 3.23. The van der Waals surface area contributed by atoms with Crippen molar-refractivity contribution in [2.45, 2.75) is 32.9 Å². The molecule has 0 spiro atoms. The average molecular weight is 315 g/mol. The van der Waals surface area contributed by atoms with Crippen molar-refractivity contribution in [3.63, 3.8) is 0 Å². The number of hydrogen-bond donors (Lipinski definition) is 2. The van der Waals surface area contributed by atoms with Crippen molar-refractivity contribution >= 4 is 11.6 Å². The number of carbonyl (C=O) groups excluding carboxylic acids is 1. The molecule has 0 aliphatic carbocycles. The smallest absolute Gasteiger partial charge is 0.264 e. The standard InChI is InChI=1S/C14H17N7O2/c1-8(2)9-5-11(23-21-9)14(22)17-7-12-18-13(20-19-12)10-6-15-3-4-16-10/h3-4,6,8,11H,5,7H2,1-2H3,(H,17,22)(H,18,19,20)/t11-/m0/s1. The minimum atomic E-state index is -0.574. The molecule has 2 aromatic heterocycles. The van der Waals surface area contributed by atoms with E-state index in [-0.39, 0.29) is 18.4 Å². The molecule has 3 rings (SSSR count). The second-order valence-electron chi connectivity index (χ2n) is 5.45. The Hall–Kier alpha value is -2.84. The monoisotopic (exact) mass is 315 g/mol. The summed E-state index contributed by atoms with van der Waals surface area (Å²) in [6.45, 7) is 4.26. The summed E-state index contributed by atoms with van der Waals surface area (Å²) in [5.74, 6) is 1.02. The second-order valence-corrected chi connectivity index (χ2v) is 5.45. The van der Waals surface area contributed by atoms with E-state index in [2.05, 4.69) is 35.6 Å². The molecule has 0 saturated heterocycles. The summed E-state index contributed by atoms with van der Waals surface area (Å²) >= 11 is 0. The molecule has 23 heavy (non-hydrogen) atoms. The summed E-state index contributed by atoms with van der Waals surface area (Å²) in [7, 11) is 0. The lowest BCUT2D eigenvalue weighted by molar-refractivity contribution is -0.131. The van der Waals surface area contributed by atoms with Crippen molar-refractivity contribution in [1.82, 2.24) is 30.5 Å². The number of hydrogen-bond acceptors (Lipinski definition) is 7. The molecular weight excluding hydrogens is 298 g/mol. The first-order chi connectivity index (χ1) is 11.1. The van der Waals surface area contributed by atoms with Crippen molar-refractivity contribution in [3.8, 4) is 11.5 Å². The maximum Gasteiger partial charge on any atom is 0.264 e. The van der Waals surface area contributed by atoms with Gasteiger partial charge in [-0.05, 0) is 5.92 Å². The third-order valence-corrected chi connectivity index (χ3v) is 3.40. The lowest BCUT2D eigenvalue weighted by Gasteiger charge is -2.08. The van der Waals surface area contributed by atoms with Crippen LogP contribution in [0.5, 0.6) is 0 Å². The molecule has 9 heteroatoms. The third-order valence-electron chi connectivity index (χ3n) is 3.40. The lowest BCUT2D eigenvalue weighted by atomic mass is 10.0. The zero-order valence-electron chi connectivity index (χ0n) is 12.9. The summed E-state index contributed by atoms with van der Waals surface area (Å²) in [6.07, 6.45) is 4.66. The fourth-order valence-electron chi connectivity index (χ4n) is 2.07. The molecule has 3 heterocycles. The van der Waals surface area contributed by atoms with Crippen LogP contribution in [0.2, 0.25) is 0 Å². The van der Waals surface area contributed by atoms with Gasteiger partial charge in [0.05, 0.1) is 18.5 Å². The van der Waals surface area contributed by atoms with Crippen molar-refractivity contribution in [2.75, 3.05) is 0 Å². The van der Waals surface area contributed by atoms with Gasteiger partial charge in [-0.15, -0.1) is 0 Å². The molecular formula is C14H17N7O2. The van der Waals surface area contributed by atoms with Crippen LogP contribution < -0.4 is 5.32 Å². The van der Waals surface area contributed by atoms with Crippen LogP contribution in [0.4, 0.5) is 0 Å². The molecule has 2 aromatic rings. The van der Waals surface area contributed by atoms with E-state index < -0.39 is 6.10 Å². The highest BCUT2D eigenvalue weighted by molar-refractivity contribution is 5.93. The molecule has 0 fully saturated rings. The molecule has 0 radical (unpaired) electrons. The number of rotatable bonds is 5. The van der Waals surface area contributed by atoms with Crippen LogP contribution in [-0.4, -0.2) is 42.9 Å². The second kappa shape index (κ2) is 6.51. The van der Waals surface area contributed by atoms with Gasteiger partial charge in [0.25, 0.3) is 5.91 Å². The van der Waals surface area contributed by atoms with Gasteiger partial charge in [0.2, 0.25) is 11.9 Å². The highest BCUT2D eigenvalue weighted by Gasteiger charge is 2.29. The summed E-state index contributed by atoms with van der Waals surface area (Å²) in [5.41, 5.74) is 1.46. The highest BCUT2D eigenvalue weighted by Crippen LogP contribution is 2.16. The molecule has 2 N–H and O–H groups in total. The van der Waals surface area contributed by atoms with E-state index in [0.717, 1.165) is 5.71 Å². The van der Waals surface area contributed by atoms with E-state index in [9.17, 15) is 4.79 Å². The SMILES string of the molecule is CC(C)C1=NO[C@H](C(=O)NCc2nc(-c3cnccn3)n[nH]2)C1. The number of nitrogens with one attached hydrogen (secondary N) is 2. The third kappa shape index (κ3) is 3.50. The molecule has 120 valence electrons. The normalized spacial score (nSPS) is 17.0. The first kappa shape index (κ1) is 15.1. The Bertz CT molecular complexity index is 711. The fraction of sp³-hybridized carbons (Fsp3) is 0.429. The Morgan fingerprint density at radius 1 is 1.48 bits per heavy atom. The molecule has 9 nitrogen and oxygen atoms in total. The van der Waals surface area contributed by atoms with Crippen LogP contribution in [0.3, 0.4) is 0 Å². The van der Waals surface area contributed by atoms with Gasteiger partial charge in [0, 0.05) is 18.8 Å². The number of aromatic nitrogens is 5. The molecule has 0 bridgehead atoms. The largest absolute Gasteiger partial charge is 0.382 e. The Balaban J connectivity index is 1.53. The van der Waals surface area contributed by atoms with Crippen molar-refractivity contribution in [3.05, 3.63) is 24.4 Å². The fourth-order valence-corrected chi connectivity index (χ4v) is 2.07. The van der Waals surface area contributed by atoms with Crippen LogP contribution >= 0.6 is 0 Å². The summed E-state index contributed by atoms with van der Waals surface area (Å²) < 4.78 is 0. The van der Waals surface area contributed by atoms with Gasteiger partial charge in [-0.3, -0.25) is 14.9 Å². The van der Waals surface area contributed by atoms with E-state index in [1.54, 1.807) is 18.6 Å². The van der Waals surface area contributed by atoms with Gasteiger partial charge in [0.15, 0.2) is 0 Å². The summed E-state index contributed by atoms with van der Waals surface area (Å²) in [5, 5.41) is 13.5. The van der Waals surface area contributed by atoms with Gasteiger partial charge in [-0.25, -0.2) is 9.97 Å². The Morgan fingerprint density at radius 2 is 2.35 bits per heavy atom. The van der Waals surface area contributed by atoms with E-state index in [4.69, 9.17) is 4.84 Å². The van der Waals surface area contributed by atoms with Gasteiger partial charge in [0.1, 0.15) is 11.5 Å². The lowest BCUT2D eigenvalue weighted by Crippen LogP contribution is -2.34. The van der Waals surface area contributed by atoms with Crippen molar-refractivity contribution in [2.24, 2.45) is 11.1 Å². The van der Waals surface area contributed by atoms with Crippen molar-refractivity contribution < 1.29 is 9.63 Å². The van der Waals surface area contributed by atoms with Gasteiger partial charge in [-0.2, -0.15) is 5.10 Å². The zero-order chi connectivity index (χ0) is 16.2.